The van der Waals surface area contributed by atoms with Crippen LogP contribution in [0.3, 0.4) is 0 Å². The number of Topliss-reactive ketones (excluding diaryl/α,β-unsaturated/α-hetero) is 1. The second-order valence-electron chi connectivity index (χ2n) is 17.8. The minimum Gasteiger partial charge on any atom is -0.465 e. The highest BCUT2D eigenvalue weighted by atomic mass is 16.9. The molecule has 0 bridgehead atoms. The second-order valence-corrected chi connectivity index (χ2v) is 17.8. The zero-order valence-corrected chi connectivity index (χ0v) is 29.6. The van der Waals surface area contributed by atoms with Crippen LogP contribution in [-0.4, -0.2) is 30.1 Å². The minimum absolute atomic E-state index is 0.0881. The zero-order chi connectivity index (χ0) is 32.8. The normalized spacial score (nSPS) is 41.9. The molecule has 45 heavy (non-hydrogen) atoms. The average Bonchev–Trinajstić information content (AvgIpc) is 3.38. The van der Waals surface area contributed by atoms with E-state index in [9.17, 15) is 19.7 Å². The summed E-state index contributed by atoms with van der Waals surface area (Å²) in [6.45, 7) is 17.7. The van der Waals surface area contributed by atoms with E-state index in [2.05, 4.69) is 53.3 Å². The van der Waals surface area contributed by atoms with E-state index in [1.807, 2.05) is 0 Å². The topological polar surface area (TPSA) is 95.7 Å². The molecule has 5 aliphatic carbocycles. The lowest BCUT2D eigenvalue weighted by Crippen LogP contribution is -2.66. The second kappa shape index (κ2) is 12.7. The Bertz CT molecular complexity index is 1120. The van der Waals surface area contributed by atoms with Gasteiger partial charge in [-0.2, -0.15) is 0 Å². The molecule has 7 nitrogen and oxygen atoms in total. The molecule has 0 unspecified atom stereocenters. The standard InChI is InChI=1S/C38H63NO6/c1-26(2)27-16-21-38(33(41)44-24-12-10-8-9-11-13-25-45-39(42)43)23-22-36(6)28(32(27)38)14-15-30-35(5)19-18-31(40)34(3,4)29(35)17-20-37(30,36)7/h26-30,32H,8-25H2,1-7H3/t27-,28+,29-,30+,32+,35-,36+,37+,38-/m0/s1. The Labute approximate surface area is 272 Å². The third kappa shape index (κ3) is 5.66. The molecule has 5 fully saturated rings. The first-order chi connectivity index (χ1) is 21.1. The molecule has 0 heterocycles. The van der Waals surface area contributed by atoms with Crippen molar-refractivity contribution in [2.24, 2.45) is 62.6 Å². The van der Waals surface area contributed by atoms with Crippen LogP contribution in [-0.2, 0) is 19.2 Å². The van der Waals surface area contributed by atoms with Gasteiger partial charge in [-0.25, -0.2) is 0 Å². The summed E-state index contributed by atoms with van der Waals surface area (Å²) >= 11 is 0. The van der Waals surface area contributed by atoms with Crippen molar-refractivity contribution in [2.45, 2.75) is 151 Å². The number of ketones is 1. The van der Waals surface area contributed by atoms with Gasteiger partial charge in [0.25, 0.3) is 5.09 Å². The van der Waals surface area contributed by atoms with Crippen LogP contribution in [0, 0.1) is 72.7 Å². The fraction of sp³-hybridized carbons (Fsp3) is 0.947. The van der Waals surface area contributed by atoms with Gasteiger partial charge in [0.1, 0.15) is 5.78 Å². The predicted molar refractivity (Wildman–Crippen MR) is 176 cm³/mol. The maximum atomic E-state index is 14.2. The molecule has 256 valence electrons. The predicted octanol–water partition coefficient (Wildman–Crippen LogP) is 9.39. The molecule has 0 N–H and O–H groups in total. The van der Waals surface area contributed by atoms with E-state index < -0.39 is 5.09 Å². The number of carbonyl (C=O) groups is 2. The van der Waals surface area contributed by atoms with E-state index in [0.717, 1.165) is 77.0 Å². The minimum atomic E-state index is -0.726. The maximum Gasteiger partial charge on any atom is 0.312 e. The Kier molecular flexibility index (Phi) is 9.82. The summed E-state index contributed by atoms with van der Waals surface area (Å²) in [5.41, 5.74) is 0.0840. The SMILES string of the molecule is CC(C)[C@@H]1CC[C@]2(C(=O)OCCCCCCCCO[N+](=O)[O-])CC[C@]3(C)[C@H](CC[C@@H]4[C@@]5(C)CCC(=O)C(C)(C)[C@@H]5CC[C@]43C)[C@@H]12. The summed E-state index contributed by atoms with van der Waals surface area (Å²) in [5, 5.41) is 9.54. The van der Waals surface area contributed by atoms with Crippen LogP contribution in [0.5, 0.6) is 0 Å². The Balaban J connectivity index is 1.27. The van der Waals surface area contributed by atoms with Gasteiger partial charge in [0, 0.05) is 11.8 Å². The lowest BCUT2D eigenvalue weighted by atomic mass is 9.32. The Morgan fingerprint density at radius 3 is 2.16 bits per heavy atom. The molecule has 5 saturated carbocycles. The first-order valence-corrected chi connectivity index (χ1v) is 18.6. The molecular formula is C38H63NO6. The summed E-state index contributed by atoms with van der Waals surface area (Å²) in [6, 6.07) is 0. The maximum absolute atomic E-state index is 14.2. The van der Waals surface area contributed by atoms with Crippen LogP contribution in [0.1, 0.15) is 151 Å². The largest absolute Gasteiger partial charge is 0.465 e. The van der Waals surface area contributed by atoms with E-state index >= 15 is 0 Å². The molecule has 0 radical (unpaired) electrons. The van der Waals surface area contributed by atoms with Crippen LogP contribution in [0.4, 0.5) is 0 Å². The number of esters is 1. The lowest BCUT2D eigenvalue weighted by Gasteiger charge is -2.72. The van der Waals surface area contributed by atoms with Gasteiger partial charge in [0.05, 0.1) is 18.6 Å². The van der Waals surface area contributed by atoms with Gasteiger partial charge in [-0.1, -0.05) is 74.1 Å². The fourth-order valence-corrected chi connectivity index (χ4v) is 12.9. The third-order valence-electron chi connectivity index (χ3n) is 15.5. The van der Waals surface area contributed by atoms with Crippen molar-refractivity contribution in [3.63, 3.8) is 0 Å². The van der Waals surface area contributed by atoms with E-state index in [4.69, 9.17) is 4.74 Å². The zero-order valence-electron chi connectivity index (χ0n) is 29.6. The van der Waals surface area contributed by atoms with Crippen LogP contribution in [0.25, 0.3) is 0 Å². The summed E-state index contributed by atoms with van der Waals surface area (Å²) in [5.74, 6) is 3.75. The van der Waals surface area contributed by atoms with Gasteiger partial charge in [-0.15, -0.1) is 10.1 Å². The monoisotopic (exact) mass is 629 g/mol. The number of hydrogen-bond donors (Lipinski definition) is 0. The number of nitrogens with zero attached hydrogens (tertiary/aromatic N) is 1. The van der Waals surface area contributed by atoms with Crippen molar-refractivity contribution in [3.05, 3.63) is 10.1 Å². The summed E-state index contributed by atoms with van der Waals surface area (Å²) < 4.78 is 6.18. The average molecular weight is 630 g/mol. The number of rotatable bonds is 12. The number of fused-ring (bicyclic) bond motifs is 7. The molecule has 0 amide bonds. The molecule has 0 saturated heterocycles. The van der Waals surface area contributed by atoms with Crippen LogP contribution in [0.15, 0.2) is 0 Å². The van der Waals surface area contributed by atoms with E-state index in [1.165, 1.54) is 19.3 Å². The van der Waals surface area contributed by atoms with Crippen LogP contribution >= 0.6 is 0 Å². The van der Waals surface area contributed by atoms with Crippen molar-refractivity contribution in [1.29, 1.82) is 0 Å². The summed E-state index contributed by atoms with van der Waals surface area (Å²) in [7, 11) is 0. The smallest absolute Gasteiger partial charge is 0.312 e. The van der Waals surface area contributed by atoms with Crippen LogP contribution < -0.4 is 0 Å². The summed E-state index contributed by atoms with van der Waals surface area (Å²) in [4.78, 5) is 41.9. The number of hydrogen-bond acceptors (Lipinski definition) is 6. The number of unbranched alkanes of at least 4 members (excludes halogenated alkanes) is 5. The van der Waals surface area contributed by atoms with E-state index in [-0.39, 0.29) is 39.7 Å². The van der Waals surface area contributed by atoms with E-state index in [1.54, 1.807) is 0 Å². The van der Waals surface area contributed by atoms with Crippen molar-refractivity contribution >= 4 is 11.8 Å². The summed E-state index contributed by atoms with van der Waals surface area (Å²) in [6.07, 6.45) is 16.4. The van der Waals surface area contributed by atoms with Gasteiger partial charge >= 0.3 is 5.97 Å². The molecule has 5 rings (SSSR count). The highest BCUT2D eigenvalue weighted by molar-refractivity contribution is 5.85. The van der Waals surface area contributed by atoms with Gasteiger partial charge in [-0.3, -0.25) is 9.59 Å². The van der Waals surface area contributed by atoms with Gasteiger partial charge in [0.2, 0.25) is 0 Å². The van der Waals surface area contributed by atoms with Crippen molar-refractivity contribution in [2.75, 3.05) is 13.2 Å². The van der Waals surface area contributed by atoms with Crippen molar-refractivity contribution in [1.82, 2.24) is 0 Å². The number of ether oxygens (including phenoxy) is 1. The van der Waals surface area contributed by atoms with Crippen LogP contribution in [0.2, 0.25) is 0 Å². The molecular weight excluding hydrogens is 566 g/mol. The van der Waals surface area contributed by atoms with Gasteiger partial charge in [0.15, 0.2) is 0 Å². The molecule has 0 spiro atoms. The Morgan fingerprint density at radius 1 is 0.822 bits per heavy atom. The molecule has 5 aliphatic rings. The molecule has 0 aromatic heterocycles. The van der Waals surface area contributed by atoms with E-state index in [0.29, 0.717) is 54.3 Å². The van der Waals surface area contributed by atoms with Crippen molar-refractivity contribution in [3.8, 4) is 0 Å². The molecule has 0 aromatic carbocycles. The quantitative estimate of drug-likeness (QED) is 0.0924. The third-order valence-corrected chi connectivity index (χ3v) is 15.5. The molecule has 7 heteroatoms. The number of carbonyl (C=O) groups excluding carboxylic acids is 2. The van der Waals surface area contributed by atoms with Crippen molar-refractivity contribution < 1.29 is 24.3 Å². The Hall–Kier alpha value is -1.66. The first-order valence-electron chi connectivity index (χ1n) is 18.6. The highest BCUT2D eigenvalue weighted by Gasteiger charge is 2.72. The Morgan fingerprint density at radius 2 is 1.49 bits per heavy atom. The highest BCUT2D eigenvalue weighted by Crippen LogP contribution is 2.77. The van der Waals surface area contributed by atoms with Gasteiger partial charge in [-0.05, 0) is 122 Å². The first kappa shape index (κ1) is 34.7. The fourth-order valence-electron chi connectivity index (χ4n) is 12.9. The molecule has 9 atom stereocenters. The molecule has 0 aromatic rings. The van der Waals surface area contributed by atoms with Gasteiger partial charge < -0.3 is 9.57 Å². The molecule has 0 aliphatic heterocycles. The lowest BCUT2D eigenvalue weighted by molar-refractivity contribution is -0.757.